The Morgan fingerprint density at radius 2 is 1.68 bits per heavy atom. The second-order valence-electron chi connectivity index (χ2n) is 10.6. The predicted molar refractivity (Wildman–Crippen MR) is 155 cm³/mol. The van der Waals surface area contributed by atoms with Gasteiger partial charge in [-0.25, -0.2) is 22.2 Å². The zero-order valence-corrected chi connectivity index (χ0v) is 24.0. The van der Waals surface area contributed by atoms with E-state index in [-0.39, 0.29) is 16.7 Å². The van der Waals surface area contributed by atoms with Crippen molar-refractivity contribution in [1.29, 1.82) is 0 Å². The van der Waals surface area contributed by atoms with E-state index in [0.29, 0.717) is 23.1 Å². The molecule has 0 aliphatic carbocycles. The molecule has 10 heteroatoms. The molecule has 2 heterocycles. The molecule has 2 atom stereocenters. The van der Waals surface area contributed by atoms with Crippen LogP contribution in [0.3, 0.4) is 0 Å². The van der Waals surface area contributed by atoms with Crippen molar-refractivity contribution in [2.24, 2.45) is 5.92 Å². The zero-order valence-electron chi connectivity index (χ0n) is 23.2. The van der Waals surface area contributed by atoms with Crippen molar-refractivity contribution in [3.63, 3.8) is 0 Å². The van der Waals surface area contributed by atoms with Crippen LogP contribution in [-0.4, -0.2) is 41.0 Å². The van der Waals surface area contributed by atoms with Crippen molar-refractivity contribution in [2.45, 2.75) is 57.6 Å². The molecule has 0 fully saturated rings. The number of amides is 2. The van der Waals surface area contributed by atoms with E-state index in [9.17, 15) is 18.0 Å². The molecule has 9 nitrogen and oxygen atoms in total. The van der Waals surface area contributed by atoms with Crippen LogP contribution in [0.15, 0.2) is 84.0 Å². The molecule has 0 aliphatic rings. The largest absolute Gasteiger partial charge is 0.444 e. The number of benzene rings is 2. The number of nitrogens with one attached hydrogen (secondary N) is 2. The molecule has 2 amide bonds. The van der Waals surface area contributed by atoms with Crippen molar-refractivity contribution in [3.8, 4) is 11.1 Å². The summed E-state index contributed by atoms with van der Waals surface area (Å²) in [7, 11) is -3.81. The average Bonchev–Trinajstić information content (AvgIpc) is 3.36. The van der Waals surface area contributed by atoms with Crippen molar-refractivity contribution in [3.05, 3.63) is 79.1 Å². The van der Waals surface area contributed by atoms with E-state index in [0.717, 1.165) is 11.1 Å². The first kappa shape index (κ1) is 28.8. The number of nitrogens with zero attached hydrogens (tertiary/aromatic N) is 2. The fourth-order valence-electron chi connectivity index (χ4n) is 4.26. The molecule has 0 aliphatic heterocycles. The minimum Gasteiger partial charge on any atom is -0.444 e. The molecule has 0 unspecified atom stereocenters. The number of alkyl carbamates (subject to hydrolysis) is 1. The molecule has 0 radical (unpaired) electrons. The Hall–Kier alpha value is -4.18. The van der Waals surface area contributed by atoms with E-state index in [1.54, 1.807) is 75.5 Å². The third-order valence-electron chi connectivity index (χ3n) is 6.49. The summed E-state index contributed by atoms with van der Waals surface area (Å²) in [5, 5.41) is 6.25. The molecule has 4 aromatic rings. The lowest BCUT2D eigenvalue weighted by Gasteiger charge is -2.26. The number of carbonyl (C=O) groups excluding carboxylic acids is 2. The Kier molecular flexibility index (Phi) is 8.29. The van der Waals surface area contributed by atoms with Crippen molar-refractivity contribution < 1.29 is 22.7 Å². The normalized spacial score (nSPS) is 13.4. The number of anilines is 1. The van der Waals surface area contributed by atoms with E-state index >= 15 is 0 Å². The van der Waals surface area contributed by atoms with Crippen LogP contribution in [0.25, 0.3) is 22.2 Å². The number of aromatic nitrogens is 2. The number of hydrogen-bond acceptors (Lipinski definition) is 6. The molecular formula is C30H34N4O5S. The fraction of sp³-hybridized carbons (Fsp3) is 0.300. The highest BCUT2D eigenvalue weighted by molar-refractivity contribution is 7.90. The number of pyridine rings is 1. The molecule has 4 rings (SSSR count). The quantitative estimate of drug-likeness (QED) is 0.279. The molecule has 0 bridgehead atoms. The van der Waals surface area contributed by atoms with E-state index in [4.69, 9.17) is 4.74 Å². The van der Waals surface area contributed by atoms with Crippen LogP contribution in [0.1, 0.15) is 41.0 Å². The Morgan fingerprint density at radius 3 is 2.30 bits per heavy atom. The molecule has 0 spiro atoms. The third-order valence-corrected chi connectivity index (χ3v) is 8.17. The predicted octanol–water partition coefficient (Wildman–Crippen LogP) is 5.82. The van der Waals surface area contributed by atoms with Gasteiger partial charge in [0.2, 0.25) is 5.91 Å². The van der Waals surface area contributed by atoms with Crippen molar-refractivity contribution in [2.75, 3.05) is 5.32 Å². The summed E-state index contributed by atoms with van der Waals surface area (Å²) in [6.45, 7) is 9.13. The van der Waals surface area contributed by atoms with Crippen molar-refractivity contribution >= 4 is 38.7 Å². The van der Waals surface area contributed by atoms with Crippen molar-refractivity contribution in [1.82, 2.24) is 14.3 Å². The SMILES string of the molecule is CC[C@@H](C)[C@@H](NC(=O)OC(C)(C)C)C(=O)Nc1ccc(-c2ccnc3c2ccn3S(=O)(=O)c2ccccc2)cc1. The minimum absolute atomic E-state index is 0.118. The zero-order chi connectivity index (χ0) is 29.1. The van der Waals surface area contributed by atoms with E-state index in [1.807, 2.05) is 32.0 Å². The first-order chi connectivity index (χ1) is 18.9. The summed E-state index contributed by atoms with van der Waals surface area (Å²) in [6.07, 6.45) is 3.12. The van der Waals surface area contributed by atoms with Gasteiger partial charge in [-0.2, -0.15) is 0 Å². The Bertz CT molecular complexity index is 1610. The van der Waals surface area contributed by atoms with Crippen LogP contribution in [0.4, 0.5) is 10.5 Å². The van der Waals surface area contributed by atoms with Gasteiger partial charge < -0.3 is 15.4 Å². The maximum atomic E-state index is 13.2. The van der Waals surface area contributed by atoms with Crippen LogP contribution in [0.5, 0.6) is 0 Å². The summed E-state index contributed by atoms with van der Waals surface area (Å²) in [5.74, 6) is -0.462. The lowest BCUT2D eigenvalue weighted by atomic mass is 9.98. The maximum absolute atomic E-state index is 13.2. The summed E-state index contributed by atoms with van der Waals surface area (Å²) in [5.41, 5.74) is 1.83. The standard InChI is InChI=1S/C30H34N4O5S/c1-6-20(2)26(33-29(36)39-30(3,4)5)28(35)32-22-14-12-21(13-15-22)24-16-18-31-27-25(24)17-19-34(27)40(37,38)23-10-8-7-9-11-23/h7-20,26H,6H2,1-5H3,(H,32,35)(H,33,36)/t20-,26-/m1/s1. The van der Waals surface area contributed by atoms with E-state index < -0.39 is 27.8 Å². The van der Waals surface area contributed by atoms with Gasteiger partial charge in [0.25, 0.3) is 10.0 Å². The van der Waals surface area contributed by atoms with Crippen LogP contribution in [0, 0.1) is 5.92 Å². The van der Waals surface area contributed by atoms with Gasteiger partial charge in [-0.05, 0) is 74.2 Å². The first-order valence-corrected chi connectivity index (χ1v) is 14.5. The molecule has 2 aromatic carbocycles. The molecule has 40 heavy (non-hydrogen) atoms. The molecule has 0 saturated heterocycles. The van der Waals surface area contributed by atoms with Crippen LogP contribution >= 0.6 is 0 Å². The second kappa shape index (κ2) is 11.5. The minimum atomic E-state index is -3.81. The molecular weight excluding hydrogens is 528 g/mol. The maximum Gasteiger partial charge on any atom is 0.408 e. The molecule has 2 aromatic heterocycles. The first-order valence-electron chi connectivity index (χ1n) is 13.1. The molecule has 210 valence electrons. The number of rotatable bonds is 8. The van der Waals surface area contributed by atoms with Gasteiger partial charge in [0.05, 0.1) is 4.90 Å². The Balaban J connectivity index is 1.56. The Morgan fingerprint density at radius 1 is 1.00 bits per heavy atom. The Labute approximate surface area is 234 Å². The van der Waals surface area contributed by atoms with E-state index in [2.05, 4.69) is 15.6 Å². The average molecular weight is 563 g/mol. The summed E-state index contributed by atoms with van der Waals surface area (Å²) in [6, 6.07) is 18.2. The smallest absolute Gasteiger partial charge is 0.408 e. The summed E-state index contributed by atoms with van der Waals surface area (Å²) < 4.78 is 32.9. The monoisotopic (exact) mass is 562 g/mol. The molecule has 0 saturated carbocycles. The second-order valence-corrected chi connectivity index (χ2v) is 12.4. The topological polar surface area (TPSA) is 119 Å². The highest BCUT2D eigenvalue weighted by Gasteiger charge is 2.28. The van der Waals surface area contributed by atoms with Gasteiger partial charge in [-0.3, -0.25) is 4.79 Å². The number of hydrogen-bond donors (Lipinski definition) is 2. The van der Waals surface area contributed by atoms with Gasteiger partial charge in [0.15, 0.2) is 5.65 Å². The van der Waals surface area contributed by atoms with Gasteiger partial charge in [-0.15, -0.1) is 0 Å². The van der Waals surface area contributed by atoms with E-state index in [1.165, 1.54) is 10.2 Å². The highest BCUT2D eigenvalue weighted by atomic mass is 32.2. The summed E-state index contributed by atoms with van der Waals surface area (Å²) >= 11 is 0. The van der Waals surface area contributed by atoms with Crippen LogP contribution < -0.4 is 10.6 Å². The number of carbonyl (C=O) groups is 2. The number of fused-ring (bicyclic) bond motifs is 1. The fourth-order valence-corrected chi connectivity index (χ4v) is 5.58. The third kappa shape index (κ3) is 6.34. The van der Waals surface area contributed by atoms with Gasteiger partial charge >= 0.3 is 6.09 Å². The summed E-state index contributed by atoms with van der Waals surface area (Å²) in [4.78, 5) is 30.0. The van der Waals surface area contributed by atoms with Gasteiger partial charge in [0, 0.05) is 23.5 Å². The lowest BCUT2D eigenvalue weighted by Crippen LogP contribution is -2.49. The van der Waals surface area contributed by atoms with Gasteiger partial charge in [-0.1, -0.05) is 50.6 Å². The lowest BCUT2D eigenvalue weighted by molar-refractivity contribution is -0.119. The highest BCUT2D eigenvalue weighted by Crippen LogP contribution is 2.31. The molecule has 2 N–H and O–H groups in total. The van der Waals surface area contributed by atoms with Gasteiger partial charge in [0.1, 0.15) is 11.6 Å². The van der Waals surface area contributed by atoms with Crippen LogP contribution in [0.2, 0.25) is 0 Å². The van der Waals surface area contributed by atoms with Crippen LogP contribution in [-0.2, 0) is 19.6 Å². The number of ether oxygens (including phenoxy) is 1.